The molecule has 4 heteroatoms. The molecular formula is C13H19N3O. The Morgan fingerprint density at radius 3 is 2.71 bits per heavy atom. The minimum Gasteiger partial charge on any atom is -0.343 e. The third-order valence-electron chi connectivity index (χ3n) is 3.42. The molecule has 2 rings (SSSR count). The summed E-state index contributed by atoms with van der Waals surface area (Å²) >= 11 is 0. The van der Waals surface area contributed by atoms with Crippen LogP contribution < -0.4 is 0 Å². The van der Waals surface area contributed by atoms with E-state index in [1.165, 1.54) is 0 Å². The first-order valence-electron chi connectivity index (χ1n) is 6.18. The summed E-state index contributed by atoms with van der Waals surface area (Å²) in [5.41, 5.74) is 2.15. The molecule has 0 N–H and O–H groups in total. The number of carbonyl (C=O) groups is 1. The molecule has 4 nitrogen and oxygen atoms in total. The fourth-order valence-electron chi connectivity index (χ4n) is 2.37. The third-order valence-corrected chi connectivity index (χ3v) is 3.42. The van der Waals surface area contributed by atoms with Crippen molar-refractivity contribution in [2.24, 2.45) is 5.92 Å². The average Bonchev–Trinajstić information content (AvgIpc) is 2.29. The monoisotopic (exact) mass is 233 g/mol. The molecule has 1 aromatic rings. The highest BCUT2D eigenvalue weighted by Gasteiger charge is 2.21. The lowest BCUT2D eigenvalue weighted by Gasteiger charge is -2.31. The SMILES string of the molecule is CC(=O)N1CCC(Cc2cc(C)ncn2)CC1. The summed E-state index contributed by atoms with van der Waals surface area (Å²) < 4.78 is 0. The van der Waals surface area contributed by atoms with Gasteiger partial charge in [-0.3, -0.25) is 4.79 Å². The van der Waals surface area contributed by atoms with Crippen molar-refractivity contribution in [3.63, 3.8) is 0 Å². The fraction of sp³-hybridized carbons (Fsp3) is 0.615. The number of carbonyl (C=O) groups excluding carboxylic acids is 1. The Morgan fingerprint density at radius 2 is 2.12 bits per heavy atom. The number of rotatable bonds is 2. The molecule has 0 saturated carbocycles. The first kappa shape index (κ1) is 12.0. The molecule has 0 spiro atoms. The fourth-order valence-corrected chi connectivity index (χ4v) is 2.37. The van der Waals surface area contributed by atoms with Gasteiger partial charge in [-0.25, -0.2) is 9.97 Å². The molecule has 1 aromatic heterocycles. The molecule has 0 unspecified atom stereocenters. The number of nitrogens with zero attached hydrogens (tertiary/aromatic N) is 3. The Balaban J connectivity index is 1.88. The zero-order valence-electron chi connectivity index (χ0n) is 10.5. The smallest absolute Gasteiger partial charge is 0.219 e. The molecule has 1 saturated heterocycles. The number of aryl methyl sites for hydroxylation is 1. The van der Waals surface area contributed by atoms with Crippen LogP contribution in [-0.2, 0) is 11.2 Å². The second kappa shape index (κ2) is 5.25. The van der Waals surface area contributed by atoms with E-state index in [2.05, 4.69) is 16.0 Å². The maximum atomic E-state index is 11.2. The van der Waals surface area contributed by atoms with Crippen LogP contribution in [0.2, 0.25) is 0 Å². The molecule has 1 aliphatic rings. The maximum Gasteiger partial charge on any atom is 0.219 e. The lowest BCUT2D eigenvalue weighted by Crippen LogP contribution is -2.37. The maximum absolute atomic E-state index is 11.2. The van der Waals surface area contributed by atoms with Crippen LogP contribution >= 0.6 is 0 Å². The van der Waals surface area contributed by atoms with Gasteiger partial charge in [0, 0.05) is 31.4 Å². The van der Waals surface area contributed by atoms with Gasteiger partial charge in [0.25, 0.3) is 0 Å². The van der Waals surface area contributed by atoms with Gasteiger partial charge < -0.3 is 4.90 Å². The Labute approximate surface area is 102 Å². The minimum atomic E-state index is 0.196. The van der Waals surface area contributed by atoms with Crippen LogP contribution in [-0.4, -0.2) is 33.9 Å². The Hall–Kier alpha value is -1.45. The normalized spacial score (nSPS) is 17.2. The molecule has 2 heterocycles. The van der Waals surface area contributed by atoms with Crippen molar-refractivity contribution in [1.29, 1.82) is 0 Å². The largest absolute Gasteiger partial charge is 0.343 e. The van der Waals surface area contributed by atoms with E-state index in [1.807, 2.05) is 11.8 Å². The van der Waals surface area contributed by atoms with Crippen molar-refractivity contribution < 1.29 is 4.79 Å². The van der Waals surface area contributed by atoms with Crippen LogP contribution in [0.3, 0.4) is 0 Å². The Bertz CT molecular complexity index is 397. The van der Waals surface area contributed by atoms with E-state index in [1.54, 1.807) is 13.3 Å². The summed E-state index contributed by atoms with van der Waals surface area (Å²) in [4.78, 5) is 21.5. The molecule has 92 valence electrons. The van der Waals surface area contributed by atoms with Crippen LogP contribution in [0.4, 0.5) is 0 Å². The number of piperidine rings is 1. The zero-order chi connectivity index (χ0) is 12.3. The number of aromatic nitrogens is 2. The van der Waals surface area contributed by atoms with Crippen molar-refractivity contribution in [3.05, 3.63) is 23.8 Å². The van der Waals surface area contributed by atoms with Gasteiger partial charge in [-0.05, 0) is 38.2 Å². The van der Waals surface area contributed by atoms with E-state index in [4.69, 9.17) is 0 Å². The van der Waals surface area contributed by atoms with Gasteiger partial charge in [-0.15, -0.1) is 0 Å². The summed E-state index contributed by atoms with van der Waals surface area (Å²) in [5.74, 6) is 0.848. The Morgan fingerprint density at radius 1 is 1.41 bits per heavy atom. The predicted molar refractivity (Wildman–Crippen MR) is 65.5 cm³/mol. The van der Waals surface area contributed by atoms with Crippen molar-refractivity contribution in [2.45, 2.75) is 33.1 Å². The van der Waals surface area contributed by atoms with Gasteiger partial charge in [0.1, 0.15) is 6.33 Å². The van der Waals surface area contributed by atoms with Crippen LogP contribution in [0.25, 0.3) is 0 Å². The van der Waals surface area contributed by atoms with Crippen LogP contribution in [0, 0.1) is 12.8 Å². The lowest BCUT2D eigenvalue weighted by molar-refractivity contribution is -0.130. The average molecular weight is 233 g/mol. The molecule has 17 heavy (non-hydrogen) atoms. The van der Waals surface area contributed by atoms with Crippen molar-refractivity contribution in [2.75, 3.05) is 13.1 Å². The number of amides is 1. The second-order valence-corrected chi connectivity index (χ2v) is 4.80. The highest BCUT2D eigenvalue weighted by molar-refractivity contribution is 5.73. The summed E-state index contributed by atoms with van der Waals surface area (Å²) in [6.45, 7) is 5.42. The second-order valence-electron chi connectivity index (χ2n) is 4.80. The summed E-state index contributed by atoms with van der Waals surface area (Å²) in [7, 11) is 0. The lowest BCUT2D eigenvalue weighted by atomic mass is 9.92. The van der Waals surface area contributed by atoms with Gasteiger partial charge in [-0.2, -0.15) is 0 Å². The topological polar surface area (TPSA) is 46.1 Å². The number of hydrogen-bond donors (Lipinski definition) is 0. The number of hydrogen-bond acceptors (Lipinski definition) is 3. The van der Waals surface area contributed by atoms with Crippen LogP contribution in [0.5, 0.6) is 0 Å². The molecule has 0 bridgehead atoms. The number of likely N-dealkylation sites (tertiary alicyclic amines) is 1. The standard InChI is InChI=1S/C13H19N3O/c1-10-7-13(15-9-14-10)8-12-3-5-16(6-4-12)11(2)17/h7,9,12H,3-6,8H2,1-2H3. The van der Waals surface area contributed by atoms with Gasteiger partial charge >= 0.3 is 0 Å². The van der Waals surface area contributed by atoms with Gasteiger partial charge in [-0.1, -0.05) is 0 Å². The molecule has 0 aromatic carbocycles. The summed E-state index contributed by atoms with van der Waals surface area (Å²) in [5, 5.41) is 0. The van der Waals surface area contributed by atoms with Crippen LogP contribution in [0.1, 0.15) is 31.2 Å². The molecule has 1 amide bonds. The van der Waals surface area contributed by atoms with E-state index in [-0.39, 0.29) is 5.91 Å². The third kappa shape index (κ3) is 3.25. The highest BCUT2D eigenvalue weighted by Crippen LogP contribution is 2.20. The van der Waals surface area contributed by atoms with E-state index in [0.29, 0.717) is 5.92 Å². The molecular weight excluding hydrogens is 214 g/mol. The minimum absolute atomic E-state index is 0.196. The quantitative estimate of drug-likeness (QED) is 0.779. The molecule has 0 atom stereocenters. The first-order valence-corrected chi connectivity index (χ1v) is 6.18. The molecule has 1 fully saturated rings. The Kier molecular flexibility index (Phi) is 3.71. The molecule has 0 aliphatic carbocycles. The summed E-state index contributed by atoms with van der Waals surface area (Å²) in [6, 6.07) is 2.05. The van der Waals surface area contributed by atoms with Gasteiger partial charge in [0.15, 0.2) is 0 Å². The van der Waals surface area contributed by atoms with Crippen molar-refractivity contribution in [3.8, 4) is 0 Å². The van der Waals surface area contributed by atoms with Crippen molar-refractivity contribution >= 4 is 5.91 Å². The van der Waals surface area contributed by atoms with E-state index >= 15 is 0 Å². The van der Waals surface area contributed by atoms with Gasteiger partial charge in [0.05, 0.1) is 0 Å². The molecule has 0 radical (unpaired) electrons. The first-order chi connectivity index (χ1) is 8.15. The van der Waals surface area contributed by atoms with E-state index < -0.39 is 0 Å². The predicted octanol–water partition coefficient (Wildman–Crippen LogP) is 1.59. The zero-order valence-corrected chi connectivity index (χ0v) is 10.5. The summed E-state index contributed by atoms with van der Waals surface area (Å²) in [6.07, 6.45) is 4.82. The molecule has 1 aliphatic heterocycles. The van der Waals surface area contributed by atoms with Crippen LogP contribution in [0.15, 0.2) is 12.4 Å². The van der Waals surface area contributed by atoms with E-state index in [0.717, 1.165) is 43.7 Å². The van der Waals surface area contributed by atoms with Gasteiger partial charge in [0.2, 0.25) is 5.91 Å². The highest BCUT2D eigenvalue weighted by atomic mass is 16.2. The van der Waals surface area contributed by atoms with Crippen molar-refractivity contribution in [1.82, 2.24) is 14.9 Å². The van der Waals surface area contributed by atoms with E-state index in [9.17, 15) is 4.79 Å².